The Morgan fingerprint density at radius 3 is 1.92 bits per heavy atom. The third-order valence-corrected chi connectivity index (χ3v) is 4.75. The van der Waals surface area contributed by atoms with E-state index in [2.05, 4.69) is 0 Å². The number of hydrogen-bond acceptors (Lipinski definition) is 0. The Balaban J connectivity index is 2.47. The summed E-state index contributed by atoms with van der Waals surface area (Å²) < 4.78 is 27.0. The third-order valence-electron chi connectivity index (χ3n) is 4.75. The Morgan fingerprint density at radius 1 is 1.17 bits per heavy atom. The van der Waals surface area contributed by atoms with Crippen LogP contribution in [0.5, 0.6) is 0 Å². The molecule has 0 aromatic rings. The number of rotatable bonds is 0. The fraction of sp³-hybridized carbons (Fsp3) is 1.00. The molecule has 0 nitrogen and oxygen atoms in total. The van der Waals surface area contributed by atoms with Crippen molar-refractivity contribution in [1.82, 2.24) is 0 Å². The molecule has 0 spiro atoms. The molecule has 2 aliphatic carbocycles. The zero-order valence-corrected chi connectivity index (χ0v) is 7.95. The van der Waals surface area contributed by atoms with Crippen LogP contribution in [0.1, 0.15) is 40.0 Å². The van der Waals surface area contributed by atoms with Gasteiger partial charge in [-0.15, -0.1) is 0 Å². The fourth-order valence-corrected chi connectivity index (χ4v) is 3.14. The Labute approximate surface area is 72.3 Å². The Morgan fingerprint density at radius 2 is 1.75 bits per heavy atom. The molecule has 0 aromatic carbocycles. The second-order valence-corrected chi connectivity index (χ2v) is 5.20. The fourth-order valence-electron chi connectivity index (χ4n) is 3.14. The molecule has 0 aromatic heterocycles. The minimum atomic E-state index is -2.42. The first kappa shape index (κ1) is 8.46. The molecule has 2 bridgehead atoms. The molecule has 0 amide bonds. The van der Waals surface area contributed by atoms with Gasteiger partial charge in [0.05, 0.1) is 0 Å². The van der Waals surface area contributed by atoms with Crippen molar-refractivity contribution in [2.24, 2.45) is 16.7 Å². The largest absolute Gasteiger partial charge is 0.254 e. The summed E-state index contributed by atoms with van der Waals surface area (Å²) in [6, 6.07) is 0. The van der Waals surface area contributed by atoms with Gasteiger partial charge in [-0.3, -0.25) is 0 Å². The highest BCUT2D eigenvalue weighted by Crippen LogP contribution is 2.71. The quantitative estimate of drug-likeness (QED) is 0.527. The second-order valence-electron chi connectivity index (χ2n) is 5.20. The van der Waals surface area contributed by atoms with Gasteiger partial charge in [-0.05, 0) is 24.2 Å². The van der Waals surface area contributed by atoms with Crippen molar-refractivity contribution in [3.63, 3.8) is 0 Å². The molecule has 0 heterocycles. The first-order chi connectivity index (χ1) is 5.31. The molecule has 0 N–H and O–H groups in total. The van der Waals surface area contributed by atoms with Crippen molar-refractivity contribution in [2.45, 2.75) is 46.0 Å². The molecule has 2 unspecified atom stereocenters. The molecular weight excluding hydrogens is 158 g/mol. The Kier molecular flexibility index (Phi) is 1.31. The van der Waals surface area contributed by atoms with Crippen molar-refractivity contribution in [3.8, 4) is 0 Å². The van der Waals surface area contributed by atoms with Crippen molar-refractivity contribution < 1.29 is 8.78 Å². The molecule has 0 radical (unpaired) electrons. The summed E-state index contributed by atoms with van der Waals surface area (Å²) in [5, 5.41) is 0. The minimum Gasteiger partial charge on any atom is -0.206 e. The summed E-state index contributed by atoms with van der Waals surface area (Å²) in [4.78, 5) is 0. The van der Waals surface area contributed by atoms with Gasteiger partial charge in [-0.2, -0.15) is 0 Å². The summed E-state index contributed by atoms with van der Waals surface area (Å²) >= 11 is 0. The van der Waals surface area contributed by atoms with Crippen LogP contribution in [0.2, 0.25) is 0 Å². The van der Waals surface area contributed by atoms with E-state index >= 15 is 0 Å². The van der Waals surface area contributed by atoms with Crippen LogP contribution in [0.15, 0.2) is 0 Å². The zero-order chi connectivity index (χ0) is 9.20. The lowest BCUT2D eigenvalue weighted by atomic mass is 9.69. The normalized spacial score (nSPS) is 48.2. The van der Waals surface area contributed by atoms with E-state index in [0.717, 1.165) is 6.42 Å². The van der Waals surface area contributed by atoms with E-state index in [1.807, 2.05) is 13.8 Å². The minimum absolute atomic E-state index is 0.122. The van der Waals surface area contributed by atoms with Crippen LogP contribution >= 0.6 is 0 Å². The predicted octanol–water partition coefficient (Wildman–Crippen LogP) is 3.47. The van der Waals surface area contributed by atoms with Gasteiger partial charge in [0.15, 0.2) is 0 Å². The van der Waals surface area contributed by atoms with Gasteiger partial charge in [-0.25, -0.2) is 8.78 Å². The van der Waals surface area contributed by atoms with E-state index in [0.29, 0.717) is 6.42 Å². The first-order valence-corrected chi connectivity index (χ1v) is 4.69. The van der Waals surface area contributed by atoms with E-state index in [-0.39, 0.29) is 17.8 Å². The Bertz CT molecular complexity index is 220. The van der Waals surface area contributed by atoms with Gasteiger partial charge in [0.25, 0.3) is 5.92 Å². The zero-order valence-electron chi connectivity index (χ0n) is 7.95. The molecule has 2 rings (SSSR count). The second kappa shape index (κ2) is 1.85. The molecular formula is C10H16F2. The average molecular weight is 174 g/mol. The van der Waals surface area contributed by atoms with Crippen LogP contribution in [0, 0.1) is 16.7 Å². The lowest BCUT2D eigenvalue weighted by Crippen LogP contribution is -2.40. The van der Waals surface area contributed by atoms with E-state index in [4.69, 9.17) is 0 Å². The molecule has 2 heteroatoms. The van der Waals surface area contributed by atoms with Gasteiger partial charge >= 0.3 is 0 Å². The van der Waals surface area contributed by atoms with E-state index in [1.165, 1.54) is 0 Å². The van der Waals surface area contributed by atoms with E-state index < -0.39 is 11.3 Å². The smallest absolute Gasteiger partial charge is 0.206 e. The van der Waals surface area contributed by atoms with Gasteiger partial charge in [-0.1, -0.05) is 20.8 Å². The highest BCUT2D eigenvalue weighted by molar-refractivity contribution is 5.14. The van der Waals surface area contributed by atoms with Crippen LogP contribution in [0.4, 0.5) is 8.78 Å². The van der Waals surface area contributed by atoms with E-state index in [9.17, 15) is 8.78 Å². The summed E-state index contributed by atoms with van der Waals surface area (Å²) in [7, 11) is 0. The van der Waals surface area contributed by atoms with Crippen molar-refractivity contribution in [3.05, 3.63) is 0 Å². The molecule has 2 saturated carbocycles. The van der Waals surface area contributed by atoms with Crippen molar-refractivity contribution >= 4 is 0 Å². The van der Waals surface area contributed by atoms with Crippen molar-refractivity contribution in [2.75, 3.05) is 0 Å². The lowest BCUT2D eigenvalue weighted by Gasteiger charge is -2.38. The summed E-state index contributed by atoms with van der Waals surface area (Å²) in [6.45, 7) is 5.77. The molecule has 0 aliphatic heterocycles. The maximum atomic E-state index is 13.5. The summed E-state index contributed by atoms with van der Waals surface area (Å²) in [5.74, 6) is -2.17. The monoisotopic (exact) mass is 174 g/mol. The maximum Gasteiger partial charge on any atom is 0.254 e. The van der Waals surface area contributed by atoms with Gasteiger partial charge in [0.2, 0.25) is 0 Å². The summed E-state index contributed by atoms with van der Waals surface area (Å²) in [6.07, 6.45) is 1.83. The number of alkyl halides is 2. The number of fused-ring (bicyclic) bond motifs is 2. The topological polar surface area (TPSA) is 0 Å². The highest BCUT2D eigenvalue weighted by Gasteiger charge is 2.70. The average Bonchev–Trinajstić information content (AvgIpc) is 2.18. The molecule has 0 saturated heterocycles. The molecule has 2 atom stereocenters. The predicted molar refractivity (Wildman–Crippen MR) is 44.2 cm³/mol. The van der Waals surface area contributed by atoms with E-state index in [1.54, 1.807) is 6.92 Å². The van der Waals surface area contributed by atoms with Crippen molar-refractivity contribution in [1.29, 1.82) is 0 Å². The van der Waals surface area contributed by atoms with Gasteiger partial charge in [0.1, 0.15) is 0 Å². The third kappa shape index (κ3) is 0.637. The Hall–Kier alpha value is -0.140. The molecule has 2 fully saturated rings. The van der Waals surface area contributed by atoms with Crippen LogP contribution in [-0.2, 0) is 0 Å². The lowest BCUT2D eigenvalue weighted by molar-refractivity contribution is -0.123. The van der Waals surface area contributed by atoms with Gasteiger partial charge in [0, 0.05) is 11.8 Å². The number of halogens is 2. The number of hydrogen-bond donors (Lipinski definition) is 0. The van der Waals surface area contributed by atoms with Crippen LogP contribution in [0.25, 0.3) is 0 Å². The molecule has 70 valence electrons. The highest BCUT2D eigenvalue weighted by atomic mass is 19.3. The first-order valence-electron chi connectivity index (χ1n) is 4.69. The van der Waals surface area contributed by atoms with Crippen LogP contribution < -0.4 is 0 Å². The molecule has 2 aliphatic rings. The molecule has 12 heavy (non-hydrogen) atoms. The maximum absolute atomic E-state index is 13.5. The van der Waals surface area contributed by atoms with Gasteiger partial charge < -0.3 is 0 Å². The van der Waals surface area contributed by atoms with Crippen LogP contribution in [-0.4, -0.2) is 5.92 Å². The standard InChI is InChI=1S/C10H16F2/c1-8(2)7-4-5-9(8,3)10(11,12)6-7/h7H,4-6H2,1-3H3. The van der Waals surface area contributed by atoms with Crippen LogP contribution in [0.3, 0.4) is 0 Å². The summed E-state index contributed by atoms with van der Waals surface area (Å²) in [5.41, 5.74) is -0.888. The SMILES string of the molecule is CC1(C)C2CCC1(C)C(F)(F)C2.